The van der Waals surface area contributed by atoms with Crippen molar-refractivity contribution in [2.24, 2.45) is 5.92 Å². The molecule has 3 aliphatic rings. The summed E-state index contributed by atoms with van der Waals surface area (Å²) in [4.78, 5) is 41.2. The van der Waals surface area contributed by atoms with E-state index in [0.29, 0.717) is 24.4 Å². The number of hydrogen-bond donors (Lipinski definition) is 2. The molecule has 162 valence electrons. The van der Waals surface area contributed by atoms with Crippen molar-refractivity contribution >= 4 is 29.2 Å². The number of nitrogens with zero attached hydrogens (tertiary/aromatic N) is 2. The SMILES string of the molecule is CC1CCC2(CC1)NC(=O)N(CC(=O)Nc1cc(F)ccc1N1CCCCC1)C2=O. The van der Waals surface area contributed by atoms with E-state index in [1.807, 2.05) is 0 Å². The number of nitrogens with one attached hydrogen (secondary N) is 2. The summed E-state index contributed by atoms with van der Waals surface area (Å²) in [6.07, 6.45) is 6.19. The normalized spacial score (nSPS) is 26.8. The molecule has 1 aliphatic carbocycles. The molecular weight excluding hydrogens is 387 g/mol. The maximum absolute atomic E-state index is 13.9. The third-order valence-corrected chi connectivity index (χ3v) is 6.60. The summed E-state index contributed by atoms with van der Waals surface area (Å²) < 4.78 is 13.9. The van der Waals surface area contributed by atoms with Gasteiger partial charge in [0.25, 0.3) is 5.91 Å². The standard InChI is InChI=1S/C22H29FN4O3/c1-15-7-9-22(10-8-15)20(29)27(21(30)25-22)14-19(28)24-17-13-16(23)5-6-18(17)26-11-3-2-4-12-26/h5-6,13,15H,2-4,7-12,14H2,1H3,(H,24,28)(H,25,30). The number of anilines is 2. The fraction of sp³-hybridized carbons (Fsp3) is 0.591. The molecule has 4 amide bonds. The summed E-state index contributed by atoms with van der Waals surface area (Å²) in [6, 6.07) is 3.81. The largest absolute Gasteiger partial charge is 0.370 e. The highest BCUT2D eigenvalue weighted by molar-refractivity contribution is 6.10. The van der Waals surface area contributed by atoms with Gasteiger partial charge < -0.3 is 15.5 Å². The van der Waals surface area contributed by atoms with E-state index in [9.17, 15) is 18.8 Å². The summed E-state index contributed by atoms with van der Waals surface area (Å²) in [5, 5.41) is 5.54. The van der Waals surface area contributed by atoms with Gasteiger partial charge in [-0.1, -0.05) is 6.92 Å². The third kappa shape index (κ3) is 4.00. The Hall–Kier alpha value is -2.64. The molecule has 2 saturated heterocycles. The summed E-state index contributed by atoms with van der Waals surface area (Å²) in [5.74, 6) is -0.760. The molecule has 4 rings (SSSR count). The van der Waals surface area contributed by atoms with Crippen molar-refractivity contribution in [3.8, 4) is 0 Å². The summed E-state index contributed by atoms with van der Waals surface area (Å²) >= 11 is 0. The first-order chi connectivity index (χ1) is 14.4. The minimum Gasteiger partial charge on any atom is -0.370 e. The zero-order valence-corrected chi connectivity index (χ0v) is 17.4. The summed E-state index contributed by atoms with van der Waals surface area (Å²) in [6.45, 7) is 3.46. The van der Waals surface area contributed by atoms with Crippen molar-refractivity contribution in [3.05, 3.63) is 24.0 Å². The quantitative estimate of drug-likeness (QED) is 0.739. The molecule has 2 heterocycles. The van der Waals surface area contributed by atoms with E-state index in [0.717, 1.165) is 55.8 Å². The lowest BCUT2D eigenvalue weighted by atomic mass is 9.77. The smallest absolute Gasteiger partial charge is 0.325 e. The van der Waals surface area contributed by atoms with Gasteiger partial charge in [-0.05, 0) is 69.1 Å². The highest BCUT2D eigenvalue weighted by atomic mass is 19.1. The molecule has 0 unspecified atom stereocenters. The van der Waals surface area contributed by atoms with Crippen molar-refractivity contribution < 1.29 is 18.8 Å². The molecule has 2 aliphatic heterocycles. The fourth-order valence-electron chi connectivity index (χ4n) is 4.77. The van der Waals surface area contributed by atoms with E-state index >= 15 is 0 Å². The molecule has 8 heteroatoms. The van der Waals surface area contributed by atoms with Crippen LogP contribution in [-0.2, 0) is 9.59 Å². The van der Waals surface area contributed by atoms with Crippen LogP contribution >= 0.6 is 0 Å². The molecule has 1 spiro atoms. The summed E-state index contributed by atoms with van der Waals surface area (Å²) in [7, 11) is 0. The fourth-order valence-corrected chi connectivity index (χ4v) is 4.77. The molecule has 1 aromatic rings. The number of carbonyl (C=O) groups is 3. The van der Waals surface area contributed by atoms with Gasteiger partial charge in [-0.15, -0.1) is 0 Å². The number of hydrogen-bond acceptors (Lipinski definition) is 4. The number of piperidine rings is 1. The number of rotatable bonds is 4. The third-order valence-electron chi connectivity index (χ3n) is 6.60. The van der Waals surface area contributed by atoms with Crippen LogP contribution < -0.4 is 15.5 Å². The Bertz CT molecular complexity index is 845. The van der Waals surface area contributed by atoms with Gasteiger partial charge in [0.15, 0.2) is 0 Å². The van der Waals surface area contributed by atoms with E-state index in [1.165, 1.54) is 12.1 Å². The molecule has 0 radical (unpaired) electrons. The Morgan fingerprint density at radius 1 is 1.20 bits per heavy atom. The van der Waals surface area contributed by atoms with Gasteiger partial charge in [0.1, 0.15) is 17.9 Å². The zero-order chi connectivity index (χ0) is 21.3. The van der Waals surface area contributed by atoms with Crippen LogP contribution in [0.2, 0.25) is 0 Å². The molecule has 1 aromatic carbocycles. The maximum atomic E-state index is 13.9. The molecule has 30 heavy (non-hydrogen) atoms. The van der Waals surface area contributed by atoms with Crippen LogP contribution in [0.5, 0.6) is 0 Å². The maximum Gasteiger partial charge on any atom is 0.325 e. The first-order valence-electron chi connectivity index (χ1n) is 10.9. The number of benzene rings is 1. The predicted molar refractivity (Wildman–Crippen MR) is 112 cm³/mol. The van der Waals surface area contributed by atoms with Gasteiger partial charge in [-0.25, -0.2) is 9.18 Å². The molecular formula is C22H29FN4O3. The molecule has 3 fully saturated rings. The van der Waals surface area contributed by atoms with E-state index in [4.69, 9.17) is 0 Å². The first kappa shape index (κ1) is 20.6. The molecule has 0 bridgehead atoms. The van der Waals surface area contributed by atoms with Gasteiger partial charge in [-0.2, -0.15) is 0 Å². The van der Waals surface area contributed by atoms with Crippen molar-refractivity contribution in [3.63, 3.8) is 0 Å². The molecule has 0 atom stereocenters. The Morgan fingerprint density at radius 2 is 1.90 bits per heavy atom. The van der Waals surface area contributed by atoms with Crippen molar-refractivity contribution in [1.82, 2.24) is 10.2 Å². The Balaban J connectivity index is 1.45. The lowest BCUT2D eigenvalue weighted by Gasteiger charge is -2.33. The van der Waals surface area contributed by atoms with Crippen molar-refractivity contribution in [2.75, 3.05) is 29.9 Å². The number of halogens is 1. The second-order valence-corrected chi connectivity index (χ2v) is 8.84. The lowest BCUT2D eigenvalue weighted by Crippen LogP contribution is -2.49. The lowest BCUT2D eigenvalue weighted by molar-refractivity contribution is -0.135. The van der Waals surface area contributed by atoms with Crippen LogP contribution in [0.3, 0.4) is 0 Å². The topological polar surface area (TPSA) is 81.8 Å². The van der Waals surface area contributed by atoms with E-state index < -0.39 is 23.3 Å². The Kier molecular flexibility index (Phi) is 5.66. The minimum atomic E-state index is -0.873. The highest BCUT2D eigenvalue weighted by Crippen LogP contribution is 2.36. The van der Waals surface area contributed by atoms with Crippen molar-refractivity contribution in [1.29, 1.82) is 0 Å². The van der Waals surface area contributed by atoms with Gasteiger partial charge in [0.05, 0.1) is 11.4 Å². The van der Waals surface area contributed by atoms with E-state index in [2.05, 4.69) is 22.5 Å². The minimum absolute atomic E-state index is 0.329. The summed E-state index contributed by atoms with van der Waals surface area (Å²) in [5.41, 5.74) is 0.261. The number of imide groups is 1. The van der Waals surface area contributed by atoms with Gasteiger partial charge >= 0.3 is 6.03 Å². The van der Waals surface area contributed by atoms with Gasteiger partial charge in [0.2, 0.25) is 5.91 Å². The number of carbonyl (C=O) groups excluding carboxylic acids is 3. The van der Waals surface area contributed by atoms with Crippen LogP contribution in [0.4, 0.5) is 20.6 Å². The van der Waals surface area contributed by atoms with Gasteiger partial charge in [0, 0.05) is 13.1 Å². The number of urea groups is 1. The van der Waals surface area contributed by atoms with Gasteiger partial charge in [-0.3, -0.25) is 14.5 Å². The second-order valence-electron chi connectivity index (χ2n) is 8.84. The molecule has 0 aromatic heterocycles. The Morgan fingerprint density at radius 3 is 2.60 bits per heavy atom. The molecule has 2 N–H and O–H groups in total. The average molecular weight is 416 g/mol. The van der Waals surface area contributed by atoms with E-state index in [-0.39, 0.29) is 12.5 Å². The second kappa shape index (κ2) is 8.24. The number of amides is 4. The predicted octanol–water partition coefficient (Wildman–Crippen LogP) is 3.26. The van der Waals surface area contributed by atoms with Crippen molar-refractivity contribution in [2.45, 2.75) is 57.4 Å². The molecule has 1 saturated carbocycles. The Labute approximate surface area is 176 Å². The first-order valence-corrected chi connectivity index (χ1v) is 10.9. The van der Waals surface area contributed by atoms with Crippen LogP contribution in [0.15, 0.2) is 18.2 Å². The molecule has 7 nitrogen and oxygen atoms in total. The van der Waals surface area contributed by atoms with Crippen LogP contribution in [0.25, 0.3) is 0 Å². The van der Waals surface area contributed by atoms with Crippen LogP contribution in [-0.4, -0.2) is 47.9 Å². The monoisotopic (exact) mass is 416 g/mol. The van der Waals surface area contributed by atoms with Crippen LogP contribution in [0.1, 0.15) is 51.9 Å². The highest BCUT2D eigenvalue weighted by Gasteiger charge is 2.52. The van der Waals surface area contributed by atoms with Crippen LogP contribution in [0, 0.1) is 11.7 Å². The van der Waals surface area contributed by atoms with E-state index in [1.54, 1.807) is 6.07 Å². The zero-order valence-electron chi connectivity index (χ0n) is 17.4. The average Bonchev–Trinajstić information content (AvgIpc) is 2.95.